The Morgan fingerprint density at radius 2 is 1.37 bits per heavy atom. The molecular formula is C34H34ClF2NO5. The number of benzene rings is 4. The molecule has 0 aliphatic carbocycles. The fourth-order valence-corrected chi connectivity index (χ4v) is 4.67. The first-order valence-electron chi connectivity index (χ1n) is 13.8. The van der Waals surface area contributed by atoms with E-state index in [4.69, 9.17) is 9.84 Å². The van der Waals surface area contributed by atoms with Crippen LogP contribution in [0.1, 0.15) is 46.3 Å². The van der Waals surface area contributed by atoms with Crippen molar-refractivity contribution in [3.05, 3.63) is 125 Å². The third-order valence-corrected chi connectivity index (χ3v) is 6.96. The van der Waals surface area contributed by atoms with Gasteiger partial charge in [-0.05, 0) is 78.4 Å². The smallest absolute Gasteiger partial charge is 0.426 e. The SMILES string of the molecule is Cl.O=C(O)CCCCN(CCc1ccccc1OC(F)(F)c1ccc(-c2ccccc2)cc1)Cc1ccc(C(=O)O)cc1. The van der Waals surface area contributed by atoms with Crippen molar-refractivity contribution in [3.63, 3.8) is 0 Å². The fraction of sp³-hybridized carbons (Fsp3) is 0.235. The van der Waals surface area contributed by atoms with Crippen molar-refractivity contribution in [3.8, 4) is 16.9 Å². The average Bonchev–Trinajstić information content (AvgIpc) is 2.99. The molecule has 2 N–H and O–H groups in total. The normalized spacial score (nSPS) is 11.1. The number of para-hydroxylation sites is 1. The van der Waals surface area contributed by atoms with Crippen molar-refractivity contribution < 1.29 is 33.3 Å². The maximum atomic E-state index is 15.3. The van der Waals surface area contributed by atoms with Gasteiger partial charge in [0.1, 0.15) is 5.75 Å². The molecule has 0 aliphatic heterocycles. The number of hydrogen-bond acceptors (Lipinski definition) is 4. The number of halogens is 3. The minimum Gasteiger partial charge on any atom is -0.481 e. The number of alkyl halides is 2. The first-order valence-corrected chi connectivity index (χ1v) is 13.8. The number of carboxylic acid groups (broad SMARTS) is 2. The molecule has 0 unspecified atom stereocenters. The van der Waals surface area contributed by atoms with Gasteiger partial charge in [0, 0.05) is 19.5 Å². The van der Waals surface area contributed by atoms with Gasteiger partial charge in [0.05, 0.1) is 11.1 Å². The molecule has 4 aromatic rings. The molecule has 0 saturated heterocycles. The van der Waals surface area contributed by atoms with E-state index in [9.17, 15) is 14.7 Å². The first kappa shape index (κ1) is 33.2. The van der Waals surface area contributed by atoms with Gasteiger partial charge in [-0.1, -0.05) is 72.8 Å². The highest BCUT2D eigenvalue weighted by Crippen LogP contribution is 2.34. The van der Waals surface area contributed by atoms with Gasteiger partial charge in [0.25, 0.3) is 0 Å². The number of unbranched alkanes of at least 4 members (excludes halogenated alkanes) is 1. The lowest BCUT2D eigenvalue weighted by molar-refractivity contribution is -0.185. The van der Waals surface area contributed by atoms with Crippen LogP contribution in [0.15, 0.2) is 103 Å². The Labute approximate surface area is 256 Å². The second-order valence-corrected chi connectivity index (χ2v) is 10.0. The Bertz CT molecular complexity index is 1460. The second-order valence-electron chi connectivity index (χ2n) is 10.0. The molecule has 0 atom stereocenters. The lowest BCUT2D eigenvalue weighted by Gasteiger charge is -2.24. The van der Waals surface area contributed by atoms with Crippen LogP contribution in [0.4, 0.5) is 8.78 Å². The van der Waals surface area contributed by atoms with E-state index < -0.39 is 18.0 Å². The summed E-state index contributed by atoms with van der Waals surface area (Å²) in [6.07, 6.45) is -1.90. The van der Waals surface area contributed by atoms with E-state index in [-0.39, 0.29) is 35.7 Å². The summed E-state index contributed by atoms with van der Waals surface area (Å²) >= 11 is 0. The third-order valence-electron chi connectivity index (χ3n) is 6.96. The molecular weight excluding hydrogens is 576 g/mol. The summed E-state index contributed by atoms with van der Waals surface area (Å²) in [5.74, 6) is -1.77. The van der Waals surface area contributed by atoms with E-state index in [2.05, 4.69) is 4.90 Å². The molecule has 4 aromatic carbocycles. The van der Waals surface area contributed by atoms with Crippen molar-refractivity contribution >= 4 is 24.3 Å². The van der Waals surface area contributed by atoms with E-state index >= 15 is 8.78 Å². The molecule has 0 fully saturated rings. The van der Waals surface area contributed by atoms with Crippen molar-refractivity contribution in [2.45, 2.75) is 38.3 Å². The van der Waals surface area contributed by atoms with E-state index in [1.165, 1.54) is 30.3 Å². The monoisotopic (exact) mass is 609 g/mol. The van der Waals surface area contributed by atoms with Crippen molar-refractivity contribution in [1.29, 1.82) is 0 Å². The van der Waals surface area contributed by atoms with Gasteiger partial charge >= 0.3 is 18.0 Å². The Morgan fingerprint density at radius 1 is 0.744 bits per heavy atom. The molecule has 0 amide bonds. The summed E-state index contributed by atoms with van der Waals surface area (Å²) < 4.78 is 35.9. The van der Waals surface area contributed by atoms with E-state index in [1.54, 1.807) is 42.5 Å². The van der Waals surface area contributed by atoms with Gasteiger partial charge in [-0.25, -0.2) is 4.79 Å². The lowest BCUT2D eigenvalue weighted by atomic mass is 10.0. The number of carboxylic acids is 2. The second kappa shape index (κ2) is 15.8. The highest BCUT2D eigenvalue weighted by Gasteiger charge is 2.35. The molecule has 4 rings (SSSR count). The number of carbonyl (C=O) groups is 2. The van der Waals surface area contributed by atoms with Gasteiger partial charge in [-0.2, -0.15) is 8.78 Å². The predicted octanol–water partition coefficient (Wildman–Crippen LogP) is 7.90. The van der Waals surface area contributed by atoms with Gasteiger partial charge in [-0.3, -0.25) is 9.69 Å². The van der Waals surface area contributed by atoms with Crippen molar-refractivity contribution in [2.75, 3.05) is 13.1 Å². The summed E-state index contributed by atoms with van der Waals surface area (Å²) in [6.45, 7) is 1.60. The largest absolute Gasteiger partial charge is 0.481 e. The van der Waals surface area contributed by atoms with Gasteiger partial charge in [0.15, 0.2) is 0 Å². The zero-order chi connectivity index (χ0) is 30.0. The molecule has 9 heteroatoms. The van der Waals surface area contributed by atoms with Crippen LogP contribution < -0.4 is 4.74 Å². The minimum atomic E-state index is -3.55. The van der Waals surface area contributed by atoms with Crippen LogP contribution in [0.3, 0.4) is 0 Å². The van der Waals surface area contributed by atoms with Crippen LogP contribution in [0.2, 0.25) is 0 Å². The quantitative estimate of drug-likeness (QED) is 0.133. The van der Waals surface area contributed by atoms with Crippen LogP contribution >= 0.6 is 12.4 Å². The van der Waals surface area contributed by atoms with Gasteiger partial charge < -0.3 is 14.9 Å². The van der Waals surface area contributed by atoms with Crippen LogP contribution in [0, 0.1) is 0 Å². The number of ether oxygens (including phenoxy) is 1. The summed E-state index contributed by atoms with van der Waals surface area (Å²) in [4.78, 5) is 24.2. The zero-order valence-corrected chi connectivity index (χ0v) is 24.3. The Hall–Kier alpha value is -4.27. The molecule has 0 heterocycles. The number of rotatable bonds is 15. The van der Waals surface area contributed by atoms with Gasteiger partial charge in [-0.15, -0.1) is 12.4 Å². The van der Waals surface area contributed by atoms with Crippen LogP contribution in [0.5, 0.6) is 5.75 Å². The minimum absolute atomic E-state index is 0. The molecule has 43 heavy (non-hydrogen) atoms. The number of aromatic carboxylic acids is 1. The lowest BCUT2D eigenvalue weighted by Crippen LogP contribution is -2.27. The highest BCUT2D eigenvalue weighted by atomic mass is 35.5. The predicted molar refractivity (Wildman–Crippen MR) is 164 cm³/mol. The molecule has 0 bridgehead atoms. The molecule has 0 aromatic heterocycles. The molecule has 6 nitrogen and oxygen atoms in total. The summed E-state index contributed by atoms with van der Waals surface area (Å²) in [5.41, 5.74) is 3.22. The maximum Gasteiger partial charge on any atom is 0.426 e. The fourth-order valence-electron chi connectivity index (χ4n) is 4.67. The topological polar surface area (TPSA) is 87.1 Å². The molecule has 0 saturated carbocycles. The maximum absolute atomic E-state index is 15.3. The zero-order valence-electron chi connectivity index (χ0n) is 23.5. The Morgan fingerprint density at radius 3 is 2.02 bits per heavy atom. The molecule has 0 aliphatic rings. The summed E-state index contributed by atoms with van der Waals surface area (Å²) in [5, 5.41) is 18.1. The number of aliphatic carboxylic acids is 1. The summed E-state index contributed by atoms with van der Waals surface area (Å²) in [6, 6.07) is 28.9. The molecule has 226 valence electrons. The Kier molecular flexibility index (Phi) is 12.2. The number of hydrogen-bond donors (Lipinski definition) is 2. The average molecular weight is 610 g/mol. The van der Waals surface area contributed by atoms with E-state index in [0.29, 0.717) is 44.5 Å². The van der Waals surface area contributed by atoms with Crippen LogP contribution in [0.25, 0.3) is 11.1 Å². The first-order chi connectivity index (χ1) is 20.2. The number of nitrogens with zero attached hydrogens (tertiary/aromatic N) is 1. The Balaban J connectivity index is 0.00000506. The van der Waals surface area contributed by atoms with Crippen molar-refractivity contribution in [1.82, 2.24) is 4.90 Å². The standard InChI is InChI=1S/C34H33F2NO5.ClH/c35-34(36,30-19-17-27(18-20-30)26-8-2-1-3-9-26)42-31-11-5-4-10-28(31)21-23-37(22-7-6-12-32(38)39)24-25-13-15-29(16-14-25)33(40)41;/h1-5,8-11,13-20H,6-7,12,21-24H2,(H,38,39)(H,40,41);1H. The highest BCUT2D eigenvalue weighted by molar-refractivity contribution is 5.87. The third kappa shape index (κ3) is 9.91. The van der Waals surface area contributed by atoms with Crippen molar-refractivity contribution in [2.24, 2.45) is 0 Å². The van der Waals surface area contributed by atoms with Crippen LogP contribution in [-0.4, -0.2) is 40.1 Å². The van der Waals surface area contributed by atoms with Gasteiger partial charge in [0.2, 0.25) is 0 Å². The van der Waals surface area contributed by atoms with Crippen LogP contribution in [-0.2, 0) is 23.9 Å². The van der Waals surface area contributed by atoms with E-state index in [1.807, 2.05) is 30.3 Å². The summed E-state index contributed by atoms with van der Waals surface area (Å²) in [7, 11) is 0. The van der Waals surface area contributed by atoms with E-state index in [0.717, 1.165) is 16.7 Å². The molecule has 0 spiro atoms. The molecule has 0 radical (unpaired) electrons.